The molecule has 0 saturated heterocycles. The van der Waals surface area contributed by atoms with Crippen LogP contribution in [0.5, 0.6) is 17.4 Å². The first-order chi connectivity index (χ1) is 20.2. The van der Waals surface area contributed by atoms with Crippen molar-refractivity contribution in [2.75, 3.05) is 0 Å². The molecular weight excluding hydrogens is 701 g/mol. The van der Waals surface area contributed by atoms with Gasteiger partial charge in [-0.25, -0.2) is 9.97 Å². The molecule has 0 radical (unpaired) electrons. The van der Waals surface area contributed by atoms with Crippen molar-refractivity contribution in [1.29, 1.82) is 0 Å². The molecule has 1 aliphatic carbocycles. The Morgan fingerprint density at radius 2 is 1.62 bits per heavy atom. The SMILES string of the molecule is Oc1ccc(-c2ccccc2)c2ccc(Oc3[c-]c4c(cc3)c3ccccc3n4-c3cc(C4CCC4)ccn3)nc12.[Pt]. The van der Waals surface area contributed by atoms with Crippen LogP contribution in [0.15, 0.2) is 109 Å². The van der Waals surface area contributed by atoms with Gasteiger partial charge < -0.3 is 14.4 Å². The maximum Gasteiger partial charge on any atom is 0.217 e. The van der Waals surface area contributed by atoms with Gasteiger partial charge in [0.1, 0.15) is 17.1 Å². The van der Waals surface area contributed by atoms with Crippen LogP contribution >= 0.6 is 0 Å². The number of hydrogen-bond donors (Lipinski definition) is 1. The van der Waals surface area contributed by atoms with E-state index in [2.05, 4.69) is 65.2 Å². The molecule has 3 heterocycles. The molecule has 7 aromatic rings. The standard InChI is InChI=1S/C36H26N3O2.Pt/c40-33-17-15-27(24-7-2-1-3-8-24)30-16-18-35(38-36(30)33)41-26-13-14-29-28-11-4-5-12-31(28)39(32(29)22-26)34-21-25(19-20-37-34)23-9-6-10-23;/h1-5,7-8,11-21,23,40H,6,9-10H2;/q-1;. The van der Waals surface area contributed by atoms with Crippen LogP contribution in [-0.4, -0.2) is 19.6 Å². The van der Waals surface area contributed by atoms with Gasteiger partial charge in [0.05, 0.1) is 0 Å². The van der Waals surface area contributed by atoms with Crippen LogP contribution in [0, 0.1) is 6.07 Å². The first-order valence-corrected chi connectivity index (χ1v) is 14.0. The molecule has 4 aromatic carbocycles. The molecule has 1 saturated carbocycles. The number of para-hydroxylation sites is 1. The molecule has 0 aliphatic heterocycles. The minimum absolute atomic E-state index is 0. The smallest absolute Gasteiger partial charge is 0.217 e. The zero-order chi connectivity index (χ0) is 27.3. The Hall–Kier alpha value is -4.47. The van der Waals surface area contributed by atoms with E-state index in [1.807, 2.05) is 48.7 Å². The van der Waals surface area contributed by atoms with E-state index in [0.717, 1.165) is 44.1 Å². The predicted octanol–water partition coefficient (Wildman–Crippen LogP) is 8.96. The van der Waals surface area contributed by atoms with Crippen molar-refractivity contribution < 1.29 is 30.9 Å². The van der Waals surface area contributed by atoms with Crippen LogP contribution in [0.4, 0.5) is 0 Å². The molecule has 0 atom stereocenters. The summed E-state index contributed by atoms with van der Waals surface area (Å²) in [6.07, 6.45) is 5.68. The number of aromatic nitrogens is 3. The predicted molar refractivity (Wildman–Crippen MR) is 163 cm³/mol. The summed E-state index contributed by atoms with van der Waals surface area (Å²) in [7, 11) is 0. The second-order valence-electron chi connectivity index (χ2n) is 10.7. The summed E-state index contributed by atoms with van der Waals surface area (Å²) in [4.78, 5) is 9.47. The van der Waals surface area contributed by atoms with Crippen molar-refractivity contribution in [3.05, 3.63) is 121 Å². The van der Waals surface area contributed by atoms with Gasteiger partial charge in [0, 0.05) is 50.0 Å². The normalized spacial score (nSPS) is 13.2. The molecule has 0 unspecified atom stereocenters. The first-order valence-electron chi connectivity index (χ1n) is 14.0. The molecule has 208 valence electrons. The van der Waals surface area contributed by atoms with Gasteiger partial charge in [-0.3, -0.25) is 0 Å². The fraction of sp³-hybridized carbons (Fsp3) is 0.111. The average molecular weight is 728 g/mol. The van der Waals surface area contributed by atoms with Gasteiger partial charge in [-0.2, -0.15) is 6.07 Å². The molecule has 3 aromatic heterocycles. The fourth-order valence-corrected chi connectivity index (χ4v) is 5.95. The number of hydrogen-bond acceptors (Lipinski definition) is 4. The molecule has 1 fully saturated rings. The van der Waals surface area contributed by atoms with Gasteiger partial charge in [-0.05, 0) is 77.2 Å². The Labute approximate surface area is 257 Å². The van der Waals surface area contributed by atoms with E-state index in [1.54, 1.807) is 6.07 Å². The van der Waals surface area contributed by atoms with Crippen molar-refractivity contribution in [2.24, 2.45) is 0 Å². The Morgan fingerprint density at radius 3 is 2.45 bits per heavy atom. The Bertz CT molecular complexity index is 2080. The van der Waals surface area contributed by atoms with Crippen molar-refractivity contribution in [3.8, 4) is 34.3 Å². The van der Waals surface area contributed by atoms with E-state index in [4.69, 9.17) is 14.7 Å². The number of phenols is 1. The van der Waals surface area contributed by atoms with Gasteiger partial charge in [0.2, 0.25) is 5.88 Å². The molecule has 0 bridgehead atoms. The van der Waals surface area contributed by atoms with Gasteiger partial charge >= 0.3 is 0 Å². The summed E-state index contributed by atoms with van der Waals surface area (Å²) in [5.41, 5.74) is 5.89. The molecule has 6 heteroatoms. The second-order valence-corrected chi connectivity index (χ2v) is 10.7. The molecule has 1 N–H and O–H groups in total. The molecular formula is C36H26N3O2Pt-. The number of phenolic OH excluding ortho intramolecular Hbond substituents is 1. The van der Waals surface area contributed by atoms with Crippen LogP contribution in [0.3, 0.4) is 0 Å². The molecule has 0 amide bonds. The van der Waals surface area contributed by atoms with Crippen LogP contribution in [-0.2, 0) is 21.1 Å². The number of rotatable bonds is 5. The summed E-state index contributed by atoms with van der Waals surface area (Å²) in [6, 6.07) is 37.7. The third kappa shape index (κ3) is 4.45. The number of pyridine rings is 2. The number of aromatic hydroxyl groups is 1. The minimum Gasteiger partial charge on any atom is -0.506 e. The number of ether oxygens (including phenoxy) is 1. The third-order valence-electron chi connectivity index (χ3n) is 8.24. The monoisotopic (exact) mass is 727 g/mol. The first kappa shape index (κ1) is 26.4. The van der Waals surface area contributed by atoms with Crippen LogP contribution in [0.25, 0.3) is 49.7 Å². The summed E-state index contributed by atoms with van der Waals surface area (Å²) in [5.74, 6) is 2.55. The van der Waals surface area contributed by atoms with E-state index >= 15 is 0 Å². The van der Waals surface area contributed by atoms with Gasteiger partial charge in [-0.1, -0.05) is 60.5 Å². The summed E-state index contributed by atoms with van der Waals surface area (Å²) in [6.45, 7) is 0. The van der Waals surface area contributed by atoms with Crippen molar-refractivity contribution >= 4 is 32.7 Å². The van der Waals surface area contributed by atoms with Gasteiger partial charge in [0.25, 0.3) is 0 Å². The van der Waals surface area contributed by atoms with Crippen molar-refractivity contribution in [2.45, 2.75) is 25.2 Å². The van der Waals surface area contributed by atoms with Gasteiger partial charge in [-0.15, -0.1) is 17.5 Å². The zero-order valence-electron chi connectivity index (χ0n) is 22.6. The fourth-order valence-electron chi connectivity index (χ4n) is 5.95. The topological polar surface area (TPSA) is 60.2 Å². The van der Waals surface area contributed by atoms with Crippen LogP contribution in [0.1, 0.15) is 30.7 Å². The minimum atomic E-state index is 0. The van der Waals surface area contributed by atoms with E-state index in [-0.39, 0.29) is 26.8 Å². The second kappa shape index (κ2) is 10.7. The summed E-state index contributed by atoms with van der Waals surface area (Å²) in [5, 5.41) is 13.8. The van der Waals surface area contributed by atoms with Gasteiger partial charge in [0.15, 0.2) is 0 Å². The summed E-state index contributed by atoms with van der Waals surface area (Å²) >= 11 is 0. The molecule has 42 heavy (non-hydrogen) atoms. The maximum atomic E-state index is 10.7. The van der Waals surface area contributed by atoms with E-state index in [0.29, 0.717) is 23.1 Å². The number of benzene rings is 4. The van der Waals surface area contributed by atoms with Crippen LogP contribution in [0.2, 0.25) is 0 Å². The van der Waals surface area contributed by atoms with Crippen LogP contribution < -0.4 is 4.74 Å². The Kier molecular flexibility index (Phi) is 6.76. The largest absolute Gasteiger partial charge is 0.506 e. The maximum absolute atomic E-state index is 10.7. The molecule has 1 aliphatic rings. The van der Waals surface area contributed by atoms with E-state index in [9.17, 15) is 5.11 Å². The van der Waals surface area contributed by atoms with E-state index < -0.39 is 0 Å². The van der Waals surface area contributed by atoms with Crippen molar-refractivity contribution in [3.63, 3.8) is 0 Å². The number of nitrogens with zero attached hydrogens (tertiary/aromatic N) is 3. The van der Waals surface area contributed by atoms with Crippen molar-refractivity contribution in [1.82, 2.24) is 14.5 Å². The quantitative estimate of drug-likeness (QED) is 0.180. The molecule has 0 spiro atoms. The average Bonchev–Trinajstić information content (AvgIpc) is 3.31. The number of fused-ring (bicyclic) bond motifs is 4. The zero-order valence-corrected chi connectivity index (χ0v) is 24.9. The Balaban J connectivity index is 0.00000288. The summed E-state index contributed by atoms with van der Waals surface area (Å²) < 4.78 is 8.43. The molecule has 5 nitrogen and oxygen atoms in total. The third-order valence-corrected chi connectivity index (χ3v) is 8.24. The Morgan fingerprint density at radius 1 is 0.810 bits per heavy atom. The molecule has 8 rings (SSSR count). The van der Waals surface area contributed by atoms with E-state index in [1.165, 1.54) is 24.8 Å².